The van der Waals surface area contributed by atoms with E-state index in [1.165, 1.54) is 0 Å². The van der Waals surface area contributed by atoms with E-state index in [9.17, 15) is 0 Å². The second-order valence-electron chi connectivity index (χ2n) is 1.49. The molecule has 10 heavy (non-hydrogen) atoms. The smallest absolute Gasteiger partial charge is 0.125 e. The number of nitrogens with zero attached hydrogens (tertiary/aromatic N) is 1. The van der Waals surface area contributed by atoms with Crippen LogP contribution in [0.4, 0.5) is 0 Å². The Morgan fingerprint density at radius 1 is 1.70 bits per heavy atom. The lowest BCUT2D eigenvalue weighted by Gasteiger charge is -1.81. The van der Waals surface area contributed by atoms with Gasteiger partial charge in [0.05, 0.1) is 11.4 Å². The van der Waals surface area contributed by atoms with Gasteiger partial charge in [0.2, 0.25) is 0 Å². The molecule has 1 heterocycles. The van der Waals surface area contributed by atoms with Crippen LogP contribution in [-0.2, 0) is 6.54 Å². The third-order valence-corrected chi connectivity index (χ3v) is 1.01. The lowest BCUT2D eigenvalue weighted by molar-refractivity contribution is 0.513. The van der Waals surface area contributed by atoms with Crippen molar-refractivity contribution in [1.82, 2.24) is 0 Å². The first kappa shape index (κ1) is 9.08. The Morgan fingerprint density at radius 3 is 3.00 bits per heavy atom. The summed E-state index contributed by atoms with van der Waals surface area (Å²) >= 11 is 4.37. The fourth-order valence-electron chi connectivity index (χ4n) is 0.513. The Hall–Kier alpha value is -0.920. The normalized spacial score (nSPS) is 7.60. The molecule has 0 spiro atoms. The predicted molar refractivity (Wildman–Crippen MR) is 44.2 cm³/mol. The first-order valence-corrected chi connectivity index (χ1v) is 2.90. The van der Waals surface area contributed by atoms with Crippen molar-refractivity contribution in [3.63, 3.8) is 0 Å². The van der Waals surface area contributed by atoms with Crippen LogP contribution in [0.1, 0.15) is 13.2 Å². The third kappa shape index (κ3) is 2.58. The van der Waals surface area contributed by atoms with Gasteiger partial charge in [-0.05, 0) is 24.4 Å². The van der Waals surface area contributed by atoms with Gasteiger partial charge in [0.1, 0.15) is 12.3 Å². The maximum absolute atomic E-state index is 4.96. The monoisotopic (exact) mass is 155 g/mol. The number of thiocarbonyl (C=S) groups is 1. The molecule has 0 aliphatic rings. The standard InChI is InChI=1S/C6H5NOS.CH4/c9-5-7-4-6-2-1-3-8-6;/h1-3H,4H2;1H4. The van der Waals surface area contributed by atoms with E-state index in [1.54, 1.807) is 6.26 Å². The van der Waals surface area contributed by atoms with Crippen molar-refractivity contribution in [3.8, 4) is 0 Å². The molecule has 0 N–H and O–H groups in total. The Kier molecular flexibility index (Phi) is 4.46. The SMILES string of the molecule is C.S=C=NCc1ccco1. The van der Waals surface area contributed by atoms with Gasteiger partial charge in [-0.25, -0.2) is 4.99 Å². The van der Waals surface area contributed by atoms with Crippen LogP contribution >= 0.6 is 12.2 Å². The summed E-state index contributed by atoms with van der Waals surface area (Å²) in [6, 6.07) is 3.66. The highest BCUT2D eigenvalue weighted by Crippen LogP contribution is 1.99. The minimum Gasteiger partial charge on any atom is -0.467 e. The van der Waals surface area contributed by atoms with Crippen LogP contribution in [0.3, 0.4) is 0 Å². The number of hydrogen-bond donors (Lipinski definition) is 0. The molecule has 0 atom stereocenters. The molecule has 0 bridgehead atoms. The number of aliphatic imine (C=N–C) groups is 1. The summed E-state index contributed by atoms with van der Waals surface area (Å²) in [5.41, 5.74) is 0. The largest absolute Gasteiger partial charge is 0.467 e. The van der Waals surface area contributed by atoms with Gasteiger partial charge in [-0.3, -0.25) is 0 Å². The minimum atomic E-state index is 0. The molecule has 0 saturated heterocycles. The number of isothiocyanates is 1. The molecule has 0 aromatic carbocycles. The van der Waals surface area contributed by atoms with Gasteiger partial charge in [0.25, 0.3) is 0 Å². The first-order chi connectivity index (χ1) is 4.43. The Labute approximate surface area is 65.6 Å². The Balaban J connectivity index is 0.000000810. The lowest BCUT2D eigenvalue weighted by Crippen LogP contribution is -1.71. The predicted octanol–water partition coefficient (Wildman–Crippen LogP) is 2.52. The Bertz CT molecular complexity index is 212. The van der Waals surface area contributed by atoms with Crippen LogP contribution < -0.4 is 0 Å². The number of rotatable bonds is 2. The fraction of sp³-hybridized carbons (Fsp3) is 0.286. The number of hydrogen-bond acceptors (Lipinski definition) is 3. The molecule has 0 fully saturated rings. The minimum absolute atomic E-state index is 0. The van der Waals surface area contributed by atoms with E-state index in [1.807, 2.05) is 12.1 Å². The van der Waals surface area contributed by atoms with Gasteiger partial charge in [0, 0.05) is 0 Å². The van der Waals surface area contributed by atoms with E-state index < -0.39 is 0 Å². The van der Waals surface area contributed by atoms with Crippen molar-refractivity contribution < 1.29 is 4.42 Å². The zero-order valence-electron chi connectivity index (χ0n) is 4.70. The molecule has 0 amide bonds. The van der Waals surface area contributed by atoms with Crippen molar-refractivity contribution in [2.24, 2.45) is 4.99 Å². The molecule has 1 aromatic heterocycles. The fourth-order valence-corrected chi connectivity index (χ4v) is 0.577. The molecular formula is C7H9NOS. The maximum Gasteiger partial charge on any atom is 0.125 e. The zero-order chi connectivity index (χ0) is 6.53. The van der Waals surface area contributed by atoms with E-state index in [0.717, 1.165) is 5.76 Å². The summed E-state index contributed by atoms with van der Waals surface area (Å²) in [6.45, 7) is 0.497. The topological polar surface area (TPSA) is 25.5 Å². The van der Waals surface area contributed by atoms with Crippen molar-refractivity contribution in [1.29, 1.82) is 0 Å². The molecule has 54 valence electrons. The van der Waals surface area contributed by atoms with Crippen LogP contribution in [0.25, 0.3) is 0 Å². The van der Waals surface area contributed by atoms with E-state index >= 15 is 0 Å². The van der Waals surface area contributed by atoms with Gasteiger partial charge < -0.3 is 4.42 Å². The summed E-state index contributed by atoms with van der Waals surface area (Å²) in [4.78, 5) is 3.69. The molecule has 2 nitrogen and oxygen atoms in total. The number of furan rings is 1. The highest BCUT2D eigenvalue weighted by atomic mass is 32.1. The van der Waals surface area contributed by atoms with Crippen LogP contribution in [-0.4, -0.2) is 5.16 Å². The Morgan fingerprint density at radius 2 is 2.50 bits per heavy atom. The average Bonchev–Trinajstić information content (AvgIpc) is 2.34. The van der Waals surface area contributed by atoms with Crippen LogP contribution in [0.5, 0.6) is 0 Å². The summed E-state index contributed by atoms with van der Waals surface area (Å²) in [5, 5.41) is 2.25. The highest BCUT2D eigenvalue weighted by molar-refractivity contribution is 7.78. The molecule has 0 radical (unpaired) electrons. The van der Waals surface area contributed by atoms with Crippen LogP contribution in [0, 0.1) is 0 Å². The van der Waals surface area contributed by atoms with Crippen LogP contribution in [0.2, 0.25) is 0 Å². The van der Waals surface area contributed by atoms with E-state index in [0.29, 0.717) is 6.54 Å². The van der Waals surface area contributed by atoms with E-state index in [4.69, 9.17) is 4.42 Å². The molecule has 0 aliphatic heterocycles. The quantitative estimate of drug-likeness (QED) is 0.484. The molecule has 1 aromatic rings. The molecule has 1 rings (SSSR count). The van der Waals surface area contributed by atoms with E-state index in [2.05, 4.69) is 22.4 Å². The zero-order valence-corrected chi connectivity index (χ0v) is 5.52. The molecule has 0 aliphatic carbocycles. The van der Waals surface area contributed by atoms with Gasteiger partial charge in [-0.2, -0.15) is 0 Å². The first-order valence-electron chi connectivity index (χ1n) is 2.49. The highest BCUT2D eigenvalue weighted by Gasteiger charge is 1.88. The lowest BCUT2D eigenvalue weighted by atomic mass is 10.5. The molecule has 3 heteroatoms. The second kappa shape index (κ2) is 4.91. The summed E-state index contributed by atoms with van der Waals surface area (Å²) < 4.78 is 4.96. The maximum atomic E-state index is 4.96. The second-order valence-corrected chi connectivity index (χ2v) is 1.67. The van der Waals surface area contributed by atoms with Gasteiger partial charge >= 0.3 is 0 Å². The van der Waals surface area contributed by atoms with Crippen molar-refractivity contribution in [2.45, 2.75) is 14.0 Å². The van der Waals surface area contributed by atoms with E-state index in [-0.39, 0.29) is 7.43 Å². The van der Waals surface area contributed by atoms with Crippen molar-refractivity contribution in [3.05, 3.63) is 24.2 Å². The van der Waals surface area contributed by atoms with Gasteiger partial charge in [0.15, 0.2) is 0 Å². The summed E-state index contributed by atoms with van der Waals surface area (Å²) in [6.07, 6.45) is 1.61. The van der Waals surface area contributed by atoms with Gasteiger partial charge in [-0.15, -0.1) is 0 Å². The molecule has 0 saturated carbocycles. The van der Waals surface area contributed by atoms with Crippen molar-refractivity contribution in [2.75, 3.05) is 0 Å². The van der Waals surface area contributed by atoms with Crippen LogP contribution in [0.15, 0.2) is 27.8 Å². The third-order valence-electron chi connectivity index (χ3n) is 0.880. The summed E-state index contributed by atoms with van der Waals surface area (Å²) in [7, 11) is 0. The van der Waals surface area contributed by atoms with Crippen molar-refractivity contribution >= 4 is 17.4 Å². The average molecular weight is 155 g/mol. The summed E-state index contributed by atoms with van der Waals surface area (Å²) in [5.74, 6) is 0.812. The molecule has 0 unspecified atom stereocenters. The van der Waals surface area contributed by atoms with Gasteiger partial charge in [-0.1, -0.05) is 7.43 Å². The molecular weight excluding hydrogens is 146 g/mol.